The van der Waals surface area contributed by atoms with Gasteiger partial charge in [-0.2, -0.15) is 0 Å². The number of aromatic nitrogens is 3. The van der Waals surface area contributed by atoms with E-state index in [0.29, 0.717) is 23.9 Å². The molecule has 0 atom stereocenters. The first-order valence-electron chi connectivity index (χ1n) is 12.3. The number of nitrogens with zero attached hydrogens (tertiary/aromatic N) is 5. The van der Waals surface area contributed by atoms with Gasteiger partial charge in [0.1, 0.15) is 23.3 Å². The van der Waals surface area contributed by atoms with E-state index >= 15 is 0 Å². The largest absolute Gasteiger partial charge is 0.353 e. The molecule has 1 N–H and O–H groups in total. The molecule has 5 rings (SSSR count). The van der Waals surface area contributed by atoms with E-state index in [-0.39, 0.29) is 5.91 Å². The maximum Gasteiger partial charge on any atom is 0.233 e. The van der Waals surface area contributed by atoms with Gasteiger partial charge in [0.05, 0.1) is 5.41 Å². The molecule has 0 spiro atoms. The predicted molar refractivity (Wildman–Crippen MR) is 139 cm³/mol. The van der Waals surface area contributed by atoms with Crippen molar-refractivity contribution in [3.05, 3.63) is 70.6 Å². The van der Waals surface area contributed by atoms with Gasteiger partial charge in [0.2, 0.25) is 5.91 Å². The Morgan fingerprint density at radius 1 is 0.943 bits per heavy atom. The lowest BCUT2D eigenvalue weighted by molar-refractivity contribution is -0.137. The number of pyridine rings is 1. The summed E-state index contributed by atoms with van der Waals surface area (Å²) in [5, 5.41) is 4.00. The molecule has 1 aliphatic carbocycles. The van der Waals surface area contributed by atoms with Crippen LogP contribution in [0.3, 0.4) is 0 Å². The number of rotatable bonds is 5. The summed E-state index contributed by atoms with van der Waals surface area (Å²) in [6, 6.07) is 13.8. The van der Waals surface area contributed by atoms with Crippen molar-refractivity contribution in [1.29, 1.82) is 0 Å². The molecule has 1 aliphatic heterocycles. The van der Waals surface area contributed by atoms with Crippen LogP contribution in [0, 0.1) is 13.8 Å². The number of anilines is 3. The van der Waals surface area contributed by atoms with E-state index in [1.165, 1.54) is 0 Å². The lowest BCUT2D eigenvalue weighted by atomic mass is 9.77. The monoisotopic (exact) mass is 490 g/mol. The van der Waals surface area contributed by atoms with Crippen LogP contribution in [-0.2, 0) is 10.2 Å². The van der Waals surface area contributed by atoms with Crippen molar-refractivity contribution in [2.24, 2.45) is 0 Å². The first kappa shape index (κ1) is 23.5. The minimum absolute atomic E-state index is 0.253. The topological polar surface area (TPSA) is 74.2 Å². The summed E-state index contributed by atoms with van der Waals surface area (Å²) in [7, 11) is 0. The lowest BCUT2D eigenvalue weighted by Crippen LogP contribution is -2.54. The summed E-state index contributed by atoms with van der Waals surface area (Å²) in [5.41, 5.74) is 1.81. The van der Waals surface area contributed by atoms with E-state index in [4.69, 9.17) is 11.6 Å². The molecule has 8 heteroatoms. The molecule has 0 unspecified atom stereocenters. The normalized spacial score (nSPS) is 17.5. The number of benzene rings is 1. The number of halogens is 1. The molecule has 1 amide bonds. The Morgan fingerprint density at radius 2 is 1.66 bits per heavy atom. The first-order chi connectivity index (χ1) is 16.9. The molecule has 2 aromatic heterocycles. The molecule has 3 heterocycles. The molecule has 35 heavy (non-hydrogen) atoms. The van der Waals surface area contributed by atoms with Crippen molar-refractivity contribution >= 4 is 35.0 Å². The number of aryl methyl sites for hydroxylation is 2. The van der Waals surface area contributed by atoms with Gasteiger partial charge >= 0.3 is 0 Å². The maximum absolute atomic E-state index is 13.8. The van der Waals surface area contributed by atoms with Gasteiger partial charge in [-0.1, -0.05) is 36.6 Å². The number of hydrogen-bond donors (Lipinski definition) is 1. The Morgan fingerprint density at radius 3 is 2.34 bits per heavy atom. The molecule has 0 radical (unpaired) electrons. The van der Waals surface area contributed by atoms with Crippen LogP contribution in [0.1, 0.15) is 42.6 Å². The third kappa shape index (κ3) is 4.96. The molecule has 3 aromatic rings. The van der Waals surface area contributed by atoms with Gasteiger partial charge in [0, 0.05) is 43.5 Å². The van der Waals surface area contributed by atoms with Crippen LogP contribution in [0.15, 0.2) is 48.7 Å². The molecule has 1 saturated carbocycles. The van der Waals surface area contributed by atoms with Gasteiger partial charge in [0.15, 0.2) is 0 Å². The fourth-order valence-electron chi connectivity index (χ4n) is 5.33. The SMILES string of the molecule is Cc1ccnc(Nc2cc(N3CCN(C(=O)C4(c5ccc(Cl)cc5)CCCC4)CC3)nc(C)n2)c1. The van der Waals surface area contributed by atoms with Crippen LogP contribution in [0.5, 0.6) is 0 Å². The summed E-state index contributed by atoms with van der Waals surface area (Å²) < 4.78 is 0. The molecule has 7 nitrogen and oxygen atoms in total. The zero-order valence-corrected chi connectivity index (χ0v) is 21.1. The van der Waals surface area contributed by atoms with Crippen LogP contribution >= 0.6 is 11.6 Å². The first-order valence-corrected chi connectivity index (χ1v) is 12.7. The van der Waals surface area contributed by atoms with E-state index in [1.807, 2.05) is 61.2 Å². The molecular weight excluding hydrogens is 460 g/mol. The van der Waals surface area contributed by atoms with Gasteiger partial charge in [-0.25, -0.2) is 15.0 Å². The number of piperazine rings is 1. The van der Waals surface area contributed by atoms with Crippen molar-refractivity contribution in [3.8, 4) is 0 Å². The van der Waals surface area contributed by atoms with Crippen LogP contribution in [-0.4, -0.2) is 51.9 Å². The Balaban J connectivity index is 1.29. The van der Waals surface area contributed by atoms with Gasteiger partial charge in [-0.3, -0.25) is 4.79 Å². The van der Waals surface area contributed by atoms with Crippen molar-refractivity contribution < 1.29 is 4.79 Å². The number of carbonyl (C=O) groups is 1. The van der Waals surface area contributed by atoms with Crippen LogP contribution in [0.25, 0.3) is 0 Å². The summed E-state index contributed by atoms with van der Waals surface area (Å²) in [6.07, 6.45) is 5.76. The standard InChI is InChI=1S/C27H31ClN6O/c1-19-9-12-29-23(17-19)32-24-18-25(31-20(2)30-24)33-13-15-34(16-14-33)26(35)27(10-3-4-11-27)21-5-7-22(28)8-6-21/h5-9,12,17-18H,3-4,10-11,13-16H2,1-2H3,(H,29,30,31,32). The van der Waals surface area contributed by atoms with E-state index in [9.17, 15) is 4.79 Å². The van der Waals surface area contributed by atoms with Crippen LogP contribution in [0.2, 0.25) is 5.02 Å². The van der Waals surface area contributed by atoms with Crippen LogP contribution in [0.4, 0.5) is 17.5 Å². The smallest absolute Gasteiger partial charge is 0.233 e. The zero-order valence-electron chi connectivity index (χ0n) is 20.3. The Labute approximate surface area is 211 Å². The fraction of sp³-hybridized carbons (Fsp3) is 0.407. The van der Waals surface area contributed by atoms with Crippen molar-refractivity contribution in [3.63, 3.8) is 0 Å². The highest BCUT2D eigenvalue weighted by Gasteiger charge is 2.45. The van der Waals surface area contributed by atoms with E-state index in [0.717, 1.165) is 67.4 Å². The molecular formula is C27H31ClN6O. The second-order valence-electron chi connectivity index (χ2n) is 9.58. The minimum Gasteiger partial charge on any atom is -0.353 e. The quantitative estimate of drug-likeness (QED) is 0.539. The number of hydrogen-bond acceptors (Lipinski definition) is 6. The predicted octanol–water partition coefficient (Wildman–Crippen LogP) is 5.05. The third-order valence-corrected chi connectivity index (χ3v) is 7.40. The Bertz CT molecular complexity index is 1200. The summed E-state index contributed by atoms with van der Waals surface area (Å²) >= 11 is 6.12. The highest BCUT2D eigenvalue weighted by molar-refractivity contribution is 6.30. The van der Waals surface area contributed by atoms with Crippen molar-refractivity contribution in [2.75, 3.05) is 36.4 Å². The number of carbonyl (C=O) groups excluding carboxylic acids is 1. The second kappa shape index (κ2) is 9.82. The van der Waals surface area contributed by atoms with Gasteiger partial charge in [-0.15, -0.1) is 0 Å². The number of nitrogens with one attached hydrogen (secondary N) is 1. The zero-order chi connectivity index (χ0) is 24.4. The van der Waals surface area contributed by atoms with Crippen molar-refractivity contribution in [2.45, 2.75) is 44.9 Å². The fourth-order valence-corrected chi connectivity index (χ4v) is 5.45. The van der Waals surface area contributed by atoms with Gasteiger partial charge in [0.25, 0.3) is 0 Å². The Hall–Kier alpha value is -3.19. The second-order valence-corrected chi connectivity index (χ2v) is 10.0. The molecule has 1 saturated heterocycles. The molecule has 2 fully saturated rings. The van der Waals surface area contributed by atoms with Crippen molar-refractivity contribution in [1.82, 2.24) is 19.9 Å². The van der Waals surface area contributed by atoms with E-state index in [1.54, 1.807) is 6.20 Å². The molecule has 1 aromatic carbocycles. The average Bonchev–Trinajstić information content (AvgIpc) is 3.35. The lowest BCUT2D eigenvalue weighted by Gasteiger charge is -2.40. The summed E-state index contributed by atoms with van der Waals surface area (Å²) in [5.74, 6) is 3.30. The molecule has 0 bridgehead atoms. The maximum atomic E-state index is 13.8. The number of amides is 1. The van der Waals surface area contributed by atoms with Gasteiger partial charge in [-0.05, 0) is 62.1 Å². The summed E-state index contributed by atoms with van der Waals surface area (Å²) in [4.78, 5) is 31.7. The highest BCUT2D eigenvalue weighted by Crippen LogP contribution is 2.43. The summed E-state index contributed by atoms with van der Waals surface area (Å²) in [6.45, 7) is 6.77. The molecule has 2 aliphatic rings. The average molecular weight is 491 g/mol. The van der Waals surface area contributed by atoms with Crippen LogP contribution < -0.4 is 10.2 Å². The minimum atomic E-state index is -0.420. The third-order valence-electron chi connectivity index (χ3n) is 7.15. The molecule has 182 valence electrons. The van der Waals surface area contributed by atoms with E-state index < -0.39 is 5.41 Å². The van der Waals surface area contributed by atoms with E-state index in [2.05, 4.69) is 25.2 Å². The highest BCUT2D eigenvalue weighted by atomic mass is 35.5. The van der Waals surface area contributed by atoms with Gasteiger partial charge < -0.3 is 15.1 Å². The Kier molecular flexibility index (Phi) is 6.60.